The molecule has 0 atom stereocenters. The Morgan fingerprint density at radius 1 is 1.16 bits per heavy atom. The van der Waals surface area contributed by atoms with Crippen LogP contribution in [0.4, 0.5) is 4.39 Å². The van der Waals surface area contributed by atoms with E-state index in [4.69, 9.17) is 4.74 Å². The zero-order valence-corrected chi connectivity index (χ0v) is 16.9. The van der Waals surface area contributed by atoms with Crippen LogP contribution in [0.1, 0.15) is 34.6 Å². The molecular weight excluding hydrogens is 401 g/mol. The van der Waals surface area contributed by atoms with E-state index in [-0.39, 0.29) is 28.8 Å². The topological polar surface area (TPSA) is 81.5 Å². The molecule has 0 N–H and O–H groups in total. The Morgan fingerprint density at radius 2 is 1.94 bits per heavy atom. The molecule has 31 heavy (non-hydrogen) atoms. The van der Waals surface area contributed by atoms with Crippen LogP contribution in [-0.2, 0) is 16.1 Å². The van der Waals surface area contributed by atoms with Gasteiger partial charge in [-0.25, -0.2) is 9.37 Å². The molecule has 0 aliphatic carbocycles. The maximum absolute atomic E-state index is 13.6. The molecule has 2 aliphatic rings. The van der Waals surface area contributed by atoms with Gasteiger partial charge in [0.25, 0.3) is 5.56 Å². The van der Waals surface area contributed by atoms with E-state index in [1.807, 2.05) is 6.07 Å². The van der Waals surface area contributed by atoms with Gasteiger partial charge in [-0.2, -0.15) is 0 Å². The van der Waals surface area contributed by atoms with Gasteiger partial charge >= 0.3 is 5.97 Å². The number of hydrogen-bond donors (Lipinski definition) is 0. The van der Waals surface area contributed by atoms with Crippen LogP contribution in [0.25, 0.3) is 16.6 Å². The van der Waals surface area contributed by atoms with Crippen molar-refractivity contribution in [1.82, 2.24) is 14.5 Å². The Bertz CT molecular complexity index is 1290. The Balaban J connectivity index is 1.46. The molecule has 1 fully saturated rings. The number of ether oxygens (including phenoxy) is 1. The fraction of sp³-hybridized carbons (Fsp3) is 0.304. The van der Waals surface area contributed by atoms with Crippen LogP contribution in [0.3, 0.4) is 0 Å². The van der Waals surface area contributed by atoms with Gasteiger partial charge in [-0.15, -0.1) is 0 Å². The van der Waals surface area contributed by atoms with E-state index in [0.29, 0.717) is 23.1 Å². The lowest BCUT2D eigenvalue weighted by atomic mass is 9.96. The highest BCUT2D eigenvalue weighted by Crippen LogP contribution is 2.27. The number of carbonyl (C=O) groups excluding carboxylic acids is 2. The molecule has 5 rings (SSSR count). The van der Waals surface area contributed by atoms with E-state index in [9.17, 15) is 18.8 Å². The number of methoxy groups -OCH3 is 1. The highest BCUT2D eigenvalue weighted by Gasteiger charge is 2.31. The SMILES string of the molecule is COC(=O)C1CCN(Cc2ccc3nc4n(c(=O)c3c2)-c2ccc(F)cc2C4=O)CC1. The minimum atomic E-state index is -0.532. The Kier molecular flexibility index (Phi) is 4.66. The van der Waals surface area contributed by atoms with E-state index in [0.717, 1.165) is 37.6 Å². The van der Waals surface area contributed by atoms with Crippen molar-refractivity contribution in [2.24, 2.45) is 5.92 Å². The predicted molar refractivity (Wildman–Crippen MR) is 111 cm³/mol. The highest BCUT2D eigenvalue weighted by molar-refractivity contribution is 6.13. The Morgan fingerprint density at radius 3 is 2.68 bits per heavy atom. The first-order valence-corrected chi connectivity index (χ1v) is 10.2. The first-order chi connectivity index (χ1) is 15.0. The van der Waals surface area contributed by atoms with Crippen molar-refractivity contribution in [1.29, 1.82) is 0 Å². The van der Waals surface area contributed by atoms with E-state index >= 15 is 0 Å². The lowest BCUT2D eigenvalue weighted by Crippen LogP contribution is -2.36. The summed E-state index contributed by atoms with van der Waals surface area (Å²) in [4.78, 5) is 44.2. The van der Waals surface area contributed by atoms with Gasteiger partial charge in [0.1, 0.15) is 5.82 Å². The van der Waals surface area contributed by atoms with E-state index in [2.05, 4.69) is 9.88 Å². The fourth-order valence-electron chi connectivity index (χ4n) is 4.46. The summed E-state index contributed by atoms with van der Waals surface area (Å²) in [7, 11) is 1.41. The number of piperidine rings is 1. The van der Waals surface area contributed by atoms with Gasteiger partial charge in [0.05, 0.1) is 35.2 Å². The molecule has 0 amide bonds. The van der Waals surface area contributed by atoms with E-state index in [1.165, 1.54) is 23.8 Å². The molecule has 158 valence electrons. The first kappa shape index (κ1) is 19.6. The number of ketones is 1. The van der Waals surface area contributed by atoms with Crippen LogP contribution in [0.5, 0.6) is 0 Å². The van der Waals surface area contributed by atoms with Crippen LogP contribution in [0, 0.1) is 11.7 Å². The van der Waals surface area contributed by atoms with Gasteiger partial charge < -0.3 is 4.74 Å². The summed E-state index contributed by atoms with van der Waals surface area (Å²) >= 11 is 0. The molecule has 8 heteroatoms. The van der Waals surface area contributed by atoms with E-state index in [1.54, 1.807) is 12.1 Å². The molecule has 2 aromatic carbocycles. The molecular formula is C23H20FN3O4. The second kappa shape index (κ2) is 7.39. The Hall–Kier alpha value is -3.39. The van der Waals surface area contributed by atoms with Gasteiger partial charge in [0, 0.05) is 6.54 Å². The molecule has 0 saturated carbocycles. The van der Waals surface area contributed by atoms with Crippen molar-refractivity contribution in [3.8, 4) is 5.69 Å². The van der Waals surface area contributed by atoms with Crippen molar-refractivity contribution in [2.45, 2.75) is 19.4 Å². The molecule has 0 spiro atoms. The molecule has 0 radical (unpaired) electrons. The molecule has 2 aliphatic heterocycles. The summed E-state index contributed by atoms with van der Waals surface area (Å²) < 4.78 is 19.7. The van der Waals surface area contributed by atoms with Gasteiger partial charge in [-0.3, -0.25) is 23.9 Å². The summed E-state index contributed by atoms with van der Waals surface area (Å²) in [6.45, 7) is 2.19. The minimum Gasteiger partial charge on any atom is -0.469 e. The van der Waals surface area contributed by atoms with Gasteiger partial charge in [-0.1, -0.05) is 6.07 Å². The lowest BCUT2D eigenvalue weighted by molar-refractivity contribution is -0.147. The summed E-state index contributed by atoms with van der Waals surface area (Å²) in [5.41, 5.74) is 1.55. The molecule has 3 heterocycles. The average Bonchev–Trinajstić information content (AvgIpc) is 3.06. The van der Waals surface area contributed by atoms with Crippen molar-refractivity contribution in [3.63, 3.8) is 0 Å². The quantitative estimate of drug-likeness (QED) is 0.473. The van der Waals surface area contributed by atoms with Crippen molar-refractivity contribution < 1.29 is 18.7 Å². The zero-order chi connectivity index (χ0) is 21.7. The van der Waals surface area contributed by atoms with Crippen LogP contribution >= 0.6 is 0 Å². The molecule has 3 aromatic rings. The van der Waals surface area contributed by atoms with Crippen LogP contribution in [0.2, 0.25) is 0 Å². The zero-order valence-electron chi connectivity index (χ0n) is 16.9. The third-order valence-corrected chi connectivity index (χ3v) is 6.11. The molecule has 7 nitrogen and oxygen atoms in total. The van der Waals surface area contributed by atoms with Gasteiger partial charge in [0.15, 0.2) is 5.82 Å². The first-order valence-electron chi connectivity index (χ1n) is 10.2. The molecule has 1 aromatic heterocycles. The summed E-state index contributed by atoms with van der Waals surface area (Å²) in [5.74, 6) is -1.19. The monoisotopic (exact) mass is 421 g/mol. The van der Waals surface area contributed by atoms with Crippen molar-refractivity contribution in [2.75, 3.05) is 20.2 Å². The number of benzene rings is 2. The van der Waals surface area contributed by atoms with Crippen LogP contribution < -0.4 is 5.56 Å². The number of nitrogens with zero attached hydrogens (tertiary/aromatic N) is 3. The number of rotatable bonds is 3. The maximum atomic E-state index is 13.6. The van der Waals surface area contributed by atoms with Gasteiger partial charge in [0.2, 0.25) is 5.78 Å². The summed E-state index contributed by atoms with van der Waals surface area (Å²) in [6, 6.07) is 9.24. The third kappa shape index (κ3) is 3.23. The number of esters is 1. The largest absolute Gasteiger partial charge is 0.469 e. The van der Waals surface area contributed by atoms with Crippen LogP contribution in [0.15, 0.2) is 41.2 Å². The predicted octanol–water partition coefficient (Wildman–Crippen LogP) is 2.45. The average molecular weight is 421 g/mol. The summed E-state index contributed by atoms with van der Waals surface area (Å²) in [6.07, 6.45) is 1.49. The minimum absolute atomic E-state index is 0.00994. The number of carbonyl (C=O) groups is 2. The second-order valence-corrected chi connectivity index (χ2v) is 7.99. The second-order valence-electron chi connectivity index (χ2n) is 7.99. The summed E-state index contributed by atoms with van der Waals surface area (Å²) in [5, 5.41) is 0.413. The number of halogens is 1. The molecule has 0 bridgehead atoms. The Labute approximate surface area is 177 Å². The number of aromatic nitrogens is 2. The van der Waals surface area contributed by atoms with E-state index < -0.39 is 11.6 Å². The van der Waals surface area contributed by atoms with Crippen molar-refractivity contribution >= 4 is 22.7 Å². The number of fused-ring (bicyclic) bond motifs is 4. The number of hydrogen-bond acceptors (Lipinski definition) is 6. The molecule has 1 saturated heterocycles. The fourth-order valence-corrected chi connectivity index (χ4v) is 4.46. The van der Waals surface area contributed by atoms with Crippen LogP contribution in [-0.4, -0.2) is 46.4 Å². The maximum Gasteiger partial charge on any atom is 0.308 e. The van der Waals surface area contributed by atoms with Crippen molar-refractivity contribution in [3.05, 3.63) is 69.5 Å². The standard InChI is InChI=1S/C23H20FN3O4/c1-31-23(30)14-6-8-26(9-7-14)12-13-2-4-18-16(10-13)22(29)27-19-5-3-15(24)11-17(19)20(28)21(27)25-18/h2-5,10-11,14H,6-9,12H2,1H3. The van der Waals surface area contributed by atoms with Gasteiger partial charge in [-0.05, 0) is 61.8 Å². The smallest absolute Gasteiger partial charge is 0.308 e. The number of likely N-dealkylation sites (tertiary alicyclic amines) is 1. The lowest BCUT2D eigenvalue weighted by Gasteiger charge is -2.30. The third-order valence-electron chi connectivity index (χ3n) is 6.11. The normalized spacial score (nSPS) is 16.4. The highest BCUT2D eigenvalue weighted by atomic mass is 19.1. The molecule has 0 unspecified atom stereocenters.